The van der Waals surface area contributed by atoms with E-state index >= 15 is 0 Å². The summed E-state index contributed by atoms with van der Waals surface area (Å²) in [7, 11) is 0. The minimum atomic E-state index is -1.43. The second kappa shape index (κ2) is 5.93. The lowest BCUT2D eigenvalue weighted by atomic mass is 9.95. The van der Waals surface area contributed by atoms with Gasteiger partial charge < -0.3 is 15.5 Å². The Morgan fingerprint density at radius 2 is 1.90 bits per heavy atom. The molecule has 1 amide bonds. The Balaban J connectivity index is 1.92. The molecule has 2 rings (SSSR count). The molecule has 1 aromatic rings. The van der Waals surface area contributed by atoms with Crippen LogP contribution in [0.3, 0.4) is 0 Å². The van der Waals surface area contributed by atoms with Crippen LogP contribution in [0.4, 0.5) is 0 Å². The molecule has 1 saturated carbocycles. The highest BCUT2D eigenvalue weighted by atomic mass is 79.9. The topological polar surface area (TPSA) is 86.6 Å². The van der Waals surface area contributed by atoms with Gasteiger partial charge in [-0.05, 0) is 30.5 Å². The zero-order chi connectivity index (χ0) is 14.8. The Morgan fingerprint density at radius 3 is 2.40 bits per heavy atom. The molecule has 5 nitrogen and oxygen atoms in total. The number of aliphatic hydroxyl groups is 1. The number of carboxylic acid groups (broad SMARTS) is 1. The summed E-state index contributed by atoms with van der Waals surface area (Å²) < 4.78 is 0.960. The molecule has 0 bridgehead atoms. The summed E-state index contributed by atoms with van der Waals surface area (Å²) in [5.41, 5.74) is 0.492. The van der Waals surface area contributed by atoms with Crippen molar-refractivity contribution in [3.05, 3.63) is 34.3 Å². The zero-order valence-corrected chi connectivity index (χ0v) is 12.4. The van der Waals surface area contributed by atoms with E-state index in [4.69, 9.17) is 10.2 Å². The number of amides is 1. The number of carboxylic acids is 1. The van der Waals surface area contributed by atoms with Crippen LogP contribution in [-0.4, -0.2) is 34.7 Å². The van der Waals surface area contributed by atoms with Crippen LogP contribution in [0.2, 0.25) is 0 Å². The first-order valence-corrected chi connectivity index (χ1v) is 7.20. The minimum Gasteiger partial charge on any atom is -0.479 e. The van der Waals surface area contributed by atoms with E-state index in [2.05, 4.69) is 21.2 Å². The molecule has 3 N–H and O–H groups in total. The van der Waals surface area contributed by atoms with Gasteiger partial charge in [0.25, 0.3) is 0 Å². The number of carbonyl (C=O) groups excluding carboxylic acids is 1. The van der Waals surface area contributed by atoms with Crippen molar-refractivity contribution in [3.63, 3.8) is 0 Å². The van der Waals surface area contributed by atoms with Crippen LogP contribution in [-0.2, 0) is 15.0 Å². The van der Waals surface area contributed by atoms with E-state index in [1.807, 2.05) is 24.3 Å². The highest BCUT2D eigenvalue weighted by Crippen LogP contribution is 2.48. The molecule has 108 valence electrons. The third kappa shape index (κ3) is 3.19. The molecule has 1 fully saturated rings. The van der Waals surface area contributed by atoms with Gasteiger partial charge in [0.05, 0.1) is 5.41 Å². The van der Waals surface area contributed by atoms with Gasteiger partial charge in [-0.3, -0.25) is 4.79 Å². The summed E-state index contributed by atoms with van der Waals surface area (Å²) in [6.07, 6.45) is 0.166. The third-order valence-electron chi connectivity index (χ3n) is 3.57. The lowest BCUT2D eigenvalue weighted by Gasteiger charge is -2.16. The smallest absolute Gasteiger partial charge is 0.332 e. The number of rotatable bonds is 6. The van der Waals surface area contributed by atoms with Gasteiger partial charge in [0.15, 0.2) is 6.10 Å². The van der Waals surface area contributed by atoms with Crippen molar-refractivity contribution in [2.75, 3.05) is 6.54 Å². The number of halogens is 1. The maximum atomic E-state index is 12.2. The third-order valence-corrected chi connectivity index (χ3v) is 4.10. The summed E-state index contributed by atoms with van der Waals surface area (Å²) >= 11 is 3.36. The van der Waals surface area contributed by atoms with Crippen molar-refractivity contribution < 1.29 is 19.8 Å². The molecule has 0 aliphatic heterocycles. The number of benzene rings is 1. The van der Waals surface area contributed by atoms with Gasteiger partial charge in [-0.15, -0.1) is 0 Å². The van der Waals surface area contributed by atoms with Gasteiger partial charge in [-0.25, -0.2) is 4.79 Å². The molecule has 0 heterocycles. The molecule has 1 atom stereocenters. The van der Waals surface area contributed by atoms with E-state index in [9.17, 15) is 9.59 Å². The molecule has 1 unspecified atom stereocenters. The van der Waals surface area contributed by atoms with Crippen LogP contribution in [0.1, 0.15) is 24.8 Å². The summed E-state index contributed by atoms with van der Waals surface area (Å²) in [5.74, 6) is -1.37. The molecule has 1 aromatic carbocycles. The number of hydrogen-bond donors (Lipinski definition) is 3. The molecule has 20 heavy (non-hydrogen) atoms. The lowest BCUT2D eigenvalue weighted by Crippen LogP contribution is -2.37. The van der Waals surface area contributed by atoms with E-state index in [-0.39, 0.29) is 18.9 Å². The molecule has 0 saturated heterocycles. The summed E-state index contributed by atoms with van der Waals surface area (Å²) in [6.45, 7) is 0.157. The Morgan fingerprint density at radius 1 is 1.30 bits per heavy atom. The van der Waals surface area contributed by atoms with Gasteiger partial charge >= 0.3 is 5.97 Å². The maximum absolute atomic E-state index is 12.2. The minimum absolute atomic E-state index is 0.0114. The first-order chi connectivity index (χ1) is 9.45. The van der Waals surface area contributed by atoms with Crippen LogP contribution in [0, 0.1) is 0 Å². The molecule has 6 heteroatoms. The van der Waals surface area contributed by atoms with Gasteiger partial charge in [0.1, 0.15) is 0 Å². The van der Waals surface area contributed by atoms with E-state index in [0.29, 0.717) is 0 Å². The summed E-state index contributed by atoms with van der Waals surface area (Å²) in [6, 6.07) is 7.64. The predicted molar refractivity (Wildman–Crippen MR) is 76.3 cm³/mol. The first kappa shape index (κ1) is 15.0. The zero-order valence-electron chi connectivity index (χ0n) is 10.8. The van der Waals surface area contributed by atoms with Crippen LogP contribution in [0.5, 0.6) is 0 Å². The van der Waals surface area contributed by atoms with E-state index in [0.717, 1.165) is 22.9 Å². The molecular formula is C14H16BrNO4. The normalized spacial score (nSPS) is 17.3. The Bertz CT molecular complexity index is 510. The number of aliphatic hydroxyl groups excluding tert-OH is 1. The Labute approximate surface area is 125 Å². The Kier molecular flexibility index (Phi) is 4.45. The first-order valence-electron chi connectivity index (χ1n) is 6.41. The lowest BCUT2D eigenvalue weighted by molar-refractivity contribution is -0.147. The number of hydrogen-bond acceptors (Lipinski definition) is 3. The van der Waals surface area contributed by atoms with Gasteiger partial charge in [-0.1, -0.05) is 28.1 Å². The van der Waals surface area contributed by atoms with Crippen molar-refractivity contribution >= 4 is 27.8 Å². The highest BCUT2D eigenvalue weighted by molar-refractivity contribution is 9.10. The SMILES string of the molecule is O=C(O)C(O)CCNC(=O)C1(c2ccc(Br)cc2)CC1. The largest absolute Gasteiger partial charge is 0.479 e. The summed E-state index contributed by atoms with van der Waals surface area (Å²) in [4.78, 5) is 22.7. The number of aliphatic carboxylic acids is 1. The average Bonchev–Trinajstić information content (AvgIpc) is 3.20. The molecule has 0 aromatic heterocycles. The van der Waals surface area contributed by atoms with Crippen LogP contribution < -0.4 is 5.32 Å². The van der Waals surface area contributed by atoms with Crippen molar-refractivity contribution in [2.45, 2.75) is 30.8 Å². The summed E-state index contributed by atoms with van der Waals surface area (Å²) in [5, 5.41) is 20.4. The molecule has 0 spiro atoms. The van der Waals surface area contributed by atoms with Gasteiger partial charge in [0.2, 0.25) is 5.91 Å². The molecule has 0 radical (unpaired) electrons. The van der Waals surface area contributed by atoms with Gasteiger partial charge in [0, 0.05) is 17.4 Å². The average molecular weight is 342 g/mol. The molecular weight excluding hydrogens is 326 g/mol. The maximum Gasteiger partial charge on any atom is 0.332 e. The van der Waals surface area contributed by atoms with Crippen molar-refractivity contribution in [2.24, 2.45) is 0 Å². The highest BCUT2D eigenvalue weighted by Gasteiger charge is 2.50. The number of nitrogens with one attached hydrogen (secondary N) is 1. The van der Waals surface area contributed by atoms with Crippen molar-refractivity contribution in [1.29, 1.82) is 0 Å². The monoisotopic (exact) mass is 341 g/mol. The van der Waals surface area contributed by atoms with Crippen LogP contribution in [0.25, 0.3) is 0 Å². The quantitative estimate of drug-likeness (QED) is 0.730. The van der Waals surface area contributed by atoms with E-state index in [1.165, 1.54) is 0 Å². The van der Waals surface area contributed by atoms with E-state index in [1.54, 1.807) is 0 Å². The Hall–Kier alpha value is -1.40. The second-order valence-electron chi connectivity index (χ2n) is 4.99. The van der Waals surface area contributed by atoms with Crippen LogP contribution in [0.15, 0.2) is 28.7 Å². The second-order valence-corrected chi connectivity index (χ2v) is 5.90. The molecule has 1 aliphatic rings. The van der Waals surface area contributed by atoms with Crippen molar-refractivity contribution in [1.82, 2.24) is 5.32 Å². The number of carbonyl (C=O) groups is 2. The fourth-order valence-electron chi connectivity index (χ4n) is 2.16. The van der Waals surface area contributed by atoms with E-state index < -0.39 is 17.5 Å². The van der Waals surface area contributed by atoms with Crippen molar-refractivity contribution in [3.8, 4) is 0 Å². The standard InChI is InChI=1S/C14H16BrNO4/c15-10-3-1-9(2-4-10)14(6-7-14)13(20)16-8-5-11(17)12(18)19/h1-4,11,17H,5-8H2,(H,16,20)(H,18,19). The fraction of sp³-hybridized carbons (Fsp3) is 0.429. The molecule has 1 aliphatic carbocycles. The van der Waals surface area contributed by atoms with Crippen LogP contribution >= 0.6 is 15.9 Å². The van der Waals surface area contributed by atoms with Gasteiger partial charge in [-0.2, -0.15) is 0 Å². The fourth-order valence-corrected chi connectivity index (χ4v) is 2.42. The predicted octanol–water partition coefficient (Wildman–Crippen LogP) is 1.43.